The van der Waals surface area contributed by atoms with Crippen molar-refractivity contribution >= 4 is 22.5 Å². The molecular formula is C31H26N8O2. The van der Waals surface area contributed by atoms with Gasteiger partial charge in [0.1, 0.15) is 11.4 Å². The maximum Gasteiger partial charge on any atom is 0.267 e. The Balaban J connectivity index is 1.49. The molecule has 0 aliphatic heterocycles. The SMILES string of the molecule is Cc1ccc(-n2c([C@H](C)NC(=O)c3c(C)nn4cccnc34)nc3cccc(C#Cc4cnn(C)c4)c3c2=O)cc1. The van der Waals surface area contributed by atoms with Crippen molar-refractivity contribution in [2.24, 2.45) is 7.05 Å². The average Bonchev–Trinajstić information content (AvgIpc) is 3.53. The van der Waals surface area contributed by atoms with Crippen LogP contribution in [0.4, 0.5) is 0 Å². The Morgan fingerprint density at radius 3 is 2.61 bits per heavy atom. The molecule has 0 aliphatic carbocycles. The number of carbonyl (C=O) groups is 1. The van der Waals surface area contributed by atoms with Gasteiger partial charge in [-0.3, -0.25) is 18.8 Å². The number of benzene rings is 2. The zero-order valence-corrected chi connectivity index (χ0v) is 23.0. The first-order chi connectivity index (χ1) is 19.8. The number of hydrogen-bond donors (Lipinski definition) is 1. The van der Waals surface area contributed by atoms with E-state index in [9.17, 15) is 9.59 Å². The predicted molar refractivity (Wildman–Crippen MR) is 155 cm³/mol. The van der Waals surface area contributed by atoms with Gasteiger partial charge in [0.05, 0.1) is 40.1 Å². The van der Waals surface area contributed by atoms with Gasteiger partial charge in [-0.15, -0.1) is 0 Å². The number of aromatic nitrogens is 7. The third-order valence-electron chi connectivity index (χ3n) is 6.79. The van der Waals surface area contributed by atoms with E-state index in [2.05, 4.69) is 32.3 Å². The maximum absolute atomic E-state index is 14.2. The van der Waals surface area contributed by atoms with E-state index in [4.69, 9.17) is 4.98 Å². The van der Waals surface area contributed by atoms with Gasteiger partial charge in [0.25, 0.3) is 11.5 Å². The second kappa shape index (κ2) is 10.2. The molecule has 0 bridgehead atoms. The molecule has 0 unspecified atom stereocenters. The third kappa shape index (κ3) is 4.74. The Bertz CT molecular complexity index is 2070. The number of hydrogen-bond acceptors (Lipinski definition) is 6. The Labute approximate surface area is 235 Å². The van der Waals surface area contributed by atoms with Gasteiger partial charge in [0, 0.05) is 31.2 Å². The Morgan fingerprint density at radius 1 is 1.05 bits per heavy atom. The lowest BCUT2D eigenvalue weighted by Crippen LogP contribution is -2.33. The molecule has 0 spiro atoms. The van der Waals surface area contributed by atoms with E-state index >= 15 is 0 Å². The fourth-order valence-corrected chi connectivity index (χ4v) is 4.81. The van der Waals surface area contributed by atoms with E-state index in [1.54, 1.807) is 64.4 Å². The quantitative estimate of drug-likeness (QED) is 0.340. The molecule has 0 radical (unpaired) electrons. The van der Waals surface area contributed by atoms with E-state index < -0.39 is 6.04 Å². The van der Waals surface area contributed by atoms with Crippen LogP contribution in [0.5, 0.6) is 0 Å². The summed E-state index contributed by atoms with van der Waals surface area (Å²) in [5, 5.41) is 12.0. The van der Waals surface area contributed by atoms with Crippen molar-refractivity contribution in [2.75, 3.05) is 0 Å². The van der Waals surface area contributed by atoms with Crippen molar-refractivity contribution < 1.29 is 4.79 Å². The summed E-state index contributed by atoms with van der Waals surface area (Å²) in [4.78, 5) is 37.0. The largest absolute Gasteiger partial charge is 0.342 e. The van der Waals surface area contributed by atoms with E-state index in [0.29, 0.717) is 44.9 Å². The summed E-state index contributed by atoms with van der Waals surface area (Å²) in [5.74, 6) is 6.24. The minimum absolute atomic E-state index is 0.278. The molecule has 1 atom stereocenters. The summed E-state index contributed by atoms with van der Waals surface area (Å²) in [7, 11) is 1.82. The number of nitrogens with one attached hydrogen (secondary N) is 1. The third-order valence-corrected chi connectivity index (χ3v) is 6.79. The highest BCUT2D eigenvalue weighted by Gasteiger charge is 2.24. The van der Waals surface area contributed by atoms with Gasteiger partial charge in [0.15, 0.2) is 5.65 Å². The highest BCUT2D eigenvalue weighted by Crippen LogP contribution is 2.22. The molecule has 0 saturated heterocycles. The first-order valence-electron chi connectivity index (χ1n) is 13.0. The fraction of sp³-hybridized carbons (Fsp3) is 0.161. The standard InChI is InChI=1S/C31H26N8O2/c1-19-9-13-24(14-10-19)39-28(21(3)34-30(40)26-20(2)36-38-16-6-15-32-29(26)38)35-25-8-5-7-23(27(25)31(39)41)12-11-22-17-33-37(4)18-22/h5-10,13-18,21H,1-4H3,(H,34,40)/t21-/m0/s1. The van der Waals surface area contributed by atoms with Crippen LogP contribution < -0.4 is 10.9 Å². The maximum atomic E-state index is 14.2. The molecule has 2 aromatic carbocycles. The van der Waals surface area contributed by atoms with Gasteiger partial charge in [-0.25, -0.2) is 14.5 Å². The van der Waals surface area contributed by atoms with Gasteiger partial charge in [0.2, 0.25) is 0 Å². The van der Waals surface area contributed by atoms with E-state index in [-0.39, 0.29) is 11.5 Å². The smallest absolute Gasteiger partial charge is 0.267 e. The summed E-state index contributed by atoms with van der Waals surface area (Å²) >= 11 is 0. The van der Waals surface area contributed by atoms with Crippen LogP contribution in [0.15, 0.2) is 78.1 Å². The molecule has 4 aromatic heterocycles. The van der Waals surface area contributed by atoms with Crippen LogP contribution in [-0.4, -0.2) is 39.8 Å². The number of aryl methyl sites for hydroxylation is 3. The summed E-state index contributed by atoms with van der Waals surface area (Å²) in [6.07, 6.45) is 6.84. The molecule has 0 aliphatic rings. The van der Waals surface area contributed by atoms with Crippen molar-refractivity contribution in [3.63, 3.8) is 0 Å². The minimum atomic E-state index is -0.635. The lowest BCUT2D eigenvalue weighted by molar-refractivity contribution is 0.0938. The van der Waals surface area contributed by atoms with Crippen molar-refractivity contribution in [1.82, 2.24) is 39.2 Å². The average molecular weight is 543 g/mol. The normalized spacial score (nSPS) is 11.8. The minimum Gasteiger partial charge on any atom is -0.342 e. The van der Waals surface area contributed by atoms with Gasteiger partial charge in [-0.1, -0.05) is 35.6 Å². The first kappa shape index (κ1) is 25.7. The number of carbonyl (C=O) groups excluding carboxylic acids is 1. The lowest BCUT2D eigenvalue weighted by atomic mass is 10.1. The van der Waals surface area contributed by atoms with Crippen molar-refractivity contribution in [3.05, 3.63) is 117 Å². The summed E-state index contributed by atoms with van der Waals surface area (Å²) < 4.78 is 4.79. The Morgan fingerprint density at radius 2 is 1.85 bits per heavy atom. The zero-order chi connectivity index (χ0) is 28.7. The van der Waals surface area contributed by atoms with Crippen molar-refractivity contribution in [3.8, 4) is 17.5 Å². The number of fused-ring (bicyclic) bond motifs is 2. The van der Waals surface area contributed by atoms with Crippen LogP contribution in [-0.2, 0) is 7.05 Å². The molecule has 1 N–H and O–H groups in total. The van der Waals surface area contributed by atoms with Crippen LogP contribution in [0.1, 0.15) is 51.5 Å². The monoisotopic (exact) mass is 542 g/mol. The molecule has 4 heterocycles. The second-order valence-electron chi connectivity index (χ2n) is 9.84. The van der Waals surface area contributed by atoms with Crippen LogP contribution in [0.25, 0.3) is 22.2 Å². The predicted octanol–water partition coefficient (Wildman–Crippen LogP) is 3.67. The molecule has 0 saturated carbocycles. The molecule has 10 nitrogen and oxygen atoms in total. The van der Waals surface area contributed by atoms with Gasteiger partial charge < -0.3 is 5.32 Å². The second-order valence-corrected chi connectivity index (χ2v) is 9.84. The molecule has 0 fully saturated rings. The molecular weight excluding hydrogens is 516 g/mol. The molecule has 1 amide bonds. The highest BCUT2D eigenvalue weighted by molar-refractivity contribution is 6.01. The van der Waals surface area contributed by atoms with Crippen LogP contribution >= 0.6 is 0 Å². The molecule has 41 heavy (non-hydrogen) atoms. The van der Waals surface area contributed by atoms with Crippen molar-refractivity contribution in [1.29, 1.82) is 0 Å². The topological polar surface area (TPSA) is 112 Å². The van der Waals surface area contributed by atoms with Crippen LogP contribution in [0.3, 0.4) is 0 Å². The zero-order valence-electron chi connectivity index (χ0n) is 23.0. The number of rotatable bonds is 4. The summed E-state index contributed by atoms with van der Waals surface area (Å²) in [5.41, 5.74) is 4.56. The van der Waals surface area contributed by atoms with Crippen molar-refractivity contribution in [2.45, 2.75) is 26.8 Å². The summed E-state index contributed by atoms with van der Waals surface area (Å²) in [6, 6.07) is 14.1. The number of nitrogens with zero attached hydrogens (tertiary/aromatic N) is 7. The van der Waals surface area contributed by atoms with E-state index in [0.717, 1.165) is 11.1 Å². The number of amides is 1. The van der Waals surface area contributed by atoms with E-state index in [1.807, 2.05) is 50.5 Å². The fourth-order valence-electron chi connectivity index (χ4n) is 4.81. The Kier molecular flexibility index (Phi) is 6.40. The van der Waals surface area contributed by atoms with Gasteiger partial charge in [-0.05, 0) is 51.1 Å². The lowest BCUT2D eigenvalue weighted by Gasteiger charge is -2.20. The molecule has 202 valence electrons. The van der Waals surface area contributed by atoms with Crippen LogP contribution in [0.2, 0.25) is 0 Å². The molecule has 10 heteroatoms. The van der Waals surface area contributed by atoms with Gasteiger partial charge in [-0.2, -0.15) is 10.2 Å². The first-order valence-corrected chi connectivity index (χ1v) is 13.0. The molecule has 6 rings (SSSR count). The summed E-state index contributed by atoms with van der Waals surface area (Å²) in [6.45, 7) is 5.54. The highest BCUT2D eigenvalue weighted by atomic mass is 16.2. The molecule has 6 aromatic rings. The van der Waals surface area contributed by atoms with Crippen LogP contribution in [0, 0.1) is 25.7 Å². The Hall–Kier alpha value is -5.56. The van der Waals surface area contributed by atoms with Gasteiger partial charge >= 0.3 is 0 Å². The van der Waals surface area contributed by atoms with E-state index in [1.165, 1.54) is 0 Å².